The molecule has 386 valence electrons. The number of carbonyl (C=O) groups excluding carboxylic acids is 4. The molecule has 0 fully saturated rings. The number of aliphatic hydroxyl groups is 4. The van der Waals surface area contributed by atoms with Crippen LogP contribution in [0.5, 0.6) is 0 Å². The van der Waals surface area contributed by atoms with Crippen LogP contribution in [0.25, 0.3) is 0 Å². The number of allylic oxidation sites excluding steroid dienone is 6. The van der Waals surface area contributed by atoms with Gasteiger partial charge in [0, 0.05) is 24.0 Å². The Labute approximate surface area is 422 Å². The highest BCUT2D eigenvalue weighted by Gasteiger charge is 2.52. The van der Waals surface area contributed by atoms with Crippen molar-refractivity contribution in [2.45, 2.75) is 199 Å². The molecule has 4 N–H and O–H groups in total. The number of rotatable bonds is 28. The Bertz CT molecular complexity index is 2290. The van der Waals surface area contributed by atoms with Gasteiger partial charge >= 0.3 is 0 Å². The molecule has 1 atom stereocenters. The van der Waals surface area contributed by atoms with E-state index in [0.29, 0.717) is 101 Å². The first-order chi connectivity index (χ1) is 32.8. The van der Waals surface area contributed by atoms with Crippen LogP contribution in [-0.2, 0) is 38.4 Å². The molecule has 0 aromatic heterocycles. The molecule has 4 rings (SSSR count). The van der Waals surface area contributed by atoms with Gasteiger partial charge in [0.1, 0.15) is 34.2 Å². The van der Waals surface area contributed by atoms with Crippen LogP contribution < -0.4 is 0 Å². The lowest BCUT2D eigenvalue weighted by atomic mass is 9.64. The van der Waals surface area contributed by atoms with Gasteiger partial charge in [-0.15, -0.1) is 0 Å². The van der Waals surface area contributed by atoms with E-state index in [2.05, 4.69) is 88.3 Å². The highest BCUT2D eigenvalue weighted by atomic mass is 16.3. The Kier molecular flexibility index (Phi) is 21.2. The minimum absolute atomic E-state index is 0.0192. The predicted octanol–water partition coefficient (Wildman–Crippen LogP) is 15.5. The summed E-state index contributed by atoms with van der Waals surface area (Å²) in [7, 11) is 0. The number of aliphatic hydroxyl groups excluding tert-OH is 4. The third-order valence-electron chi connectivity index (χ3n) is 15.2. The number of ketones is 4. The average Bonchev–Trinajstić information content (AvgIpc) is 3.27. The van der Waals surface area contributed by atoms with Crippen molar-refractivity contribution in [3.8, 4) is 0 Å². The fourth-order valence-electron chi connectivity index (χ4n) is 10.5. The van der Waals surface area contributed by atoms with E-state index in [9.17, 15) is 39.6 Å². The van der Waals surface area contributed by atoms with Gasteiger partial charge in [0.25, 0.3) is 0 Å². The molecule has 0 saturated carbocycles. The summed E-state index contributed by atoms with van der Waals surface area (Å²) >= 11 is 0. The Morgan fingerprint density at radius 1 is 0.500 bits per heavy atom. The highest BCUT2D eigenvalue weighted by molar-refractivity contribution is 6.25. The normalized spacial score (nSPS) is 16.9. The zero-order valence-corrected chi connectivity index (χ0v) is 45.4. The van der Waals surface area contributed by atoms with E-state index < -0.39 is 34.0 Å². The van der Waals surface area contributed by atoms with Gasteiger partial charge in [-0.1, -0.05) is 124 Å². The van der Waals surface area contributed by atoms with Crippen molar-refractivity contribution in [3.63, 3.8) is 0 Å². The van der Waals surface area contributed by atoms with Gasteiger partial charge < -0.3 is 20.4 Å². The Hall–Kier alpha value is -4.72. The summed E-state index contributed by atoms with van der Waals surface area (Å²) in [5, 5.41) is 47.8. The standard InChI is InChI=1S/C62H90O8/c1-38(2)18-22-49-55(65)53(59(69)61(57(49)67,30-26-39(3)4)31-27-40(5)6)51(63)24-20-46-35-44(12)36-47(37-46)34-43(11)19-23-50-56(66)54(52(64)25-21-48-17-15-14-16-45(48)13)60(70)62(58(50)68,32-28-41(7)8)33-29-42(9)10/h14-17,35-43,65-68H,18-34H2,1-13H3. The van der Waals surface area contributed by atoms with Crippen LogP contribution in [0.4, 0.5) is 0 Å². The summed E-state index contributed by atoms with van der Waals surface area (Å²) in [4.78, 5) is 57.9. The number of carbonyl (C=O) groups is 4. The molecule has 0 radical (unpaired) electrons. The summed E-state index contributed by atoms with van der Waals surface area (Å²) in [6.07, 6.45) is 7.80. The smallest absolute Gasteiger partial charge is 0.183 e. The van der Waals surface area contributed by atoms with E-state index in [1.165, 1.54) is 0 Å². The van der Waals surface area contributed by atoms with Crippen LogP contribution in [0.15, 0.2) is 87.8 Å². The van der Waals surface area contributed by atoms with Crippen molar-refractivity contribution in [1.82, 2.24) is 0 Å². The van der Waals surface area contributed by atoms with Gasteiger partial charge in [-0.3, -0.25) is 19.2 Å². The van der Waals surface area contributed by atoms with E-state index in [-0.39, 0.29) is 89.0 Å². The second-order valence-corrected chi connectivity index (χ2v) is 23.5. The SMILES string of the molecule is Cc1cc(CCC(=O)C2=C(O)C(CCC(C)C)=C(O)C(CCC(C)C)(CCC(C)C)C2=O)cc(CC(C)CCC2=C(O)C(CCC(C)C)(CCC(C)C)C(=O)C(C(=O)CCc3ccccc3C)=C2O)c1. The second-order valence-electron chi connectivity index (χ2n) is 23.5. The van der Waals surface area contributed by atoms with Gasteiger partial charge in [-0.25, -0.2) is 0 Å². The molecule has 0 amide bonds. The van der Waals surface area contributed by atoms with Crippen LogP contribution >= 0.6 is 0 Å². The summed E-state index contributed by atoms with van der Waals surface area (Å²) < 4.78 is 0. The van der Waals surface area contributed by atoms with Crippen molar-refractivity contribution < 1.29 is 39.6 Å². The summed E-state index contributed by atoms with van der Waals surface area (Å²) in [5.41, 5.74) is 2.84. The third-order valence-corrected chi connectivity index (χ3v) is 15.2. The number of Topliss-reactive ketones (excluding diaryl/α,β-unsaturated/α-hetero) is 4. The average molecular weight is 963 g/mol. The first-order valence-electron chi connectivity index (χ1n) is 26.9. The molecule has 0 spiro atoms. The molecule has 0 heterocycles. The van der Waals surface area contributed by atoms with Gasteiger partial charge in [-0.2, -0.15) is 0 Å². The molecule has 70 heavy (non-hydrogen) atoms. The van der Waals surface area contributed by atoms with Crippen molar-refractivity contribution in [1.29, 1.82) is 0 Å². The van der Waals surface area contributed by atoms with Crippen LogP contribution in [0.3, 0.4) is 0 Å². The third kappa shape index (κ3) is 14.5. The Morgan fingerprint density at radius 2 is 0.900 bits per heavy atom. The maximum atomic E-state index is 14.7. The monoisotopic (exact) mass is 963 g/mol. The lowest BCUT2D eigenvalue weighted by molar-refractivity contribution is -0.131. The quantitative estimate of drug-likeness (QED) is 0.0616. The van der Waals surface area contributed by atoms with Crippen LogP contribution in [0, 0.1) is 60.2 Å². The maximum Gasteiger partial charge on any atom is 0.183 e. The lowest BCUT2D eigenvalue weighted by Gasteiger charge is -2.38. The molecule has 8 heteroatoms. The number of aryl methyl sites for hydroxylation is 4. The van der Waals surface area contributed by atoms with Crippen LogP contribution in [0.1, 0.15) is 194 Å². The van der Waals surface area contributed by atoms with Crippen molar-refractivity contribution in [2.24, 2.45) is 46.3 Å². The molecule has 0 saturated heterocycles. The summed E-state index contributed by atoms with van der Waals surface area (Å²) in [5.74, 6) is -1.19. The predicted molar refractivity (Wildman–Crippen MR) is 285 cm³/mol. The van der Waals surface area contributed by atoms with Crippen molar-refractivity contribution in [3.05, 3.63) is 116 Å². The first kappa shape index (κ1) is 57.9. The molecule has 8 nitrogen and oxygen atoms in total. The molecule has 0 bridgehead atoms. The van der Waals surface area contributed by atoms with Gasteiger partial charge in [-0.05, 0) is 168 Å². The largest absolute Gasteiger partial charge is 0.511 e. The molecule has 2 aromatic rings. The fourth-order valence-corrected chi connectivity index (χ4v) is 10.5. The minimum atomic E-state index is -1.29. The van der Waals surface area contributed by atoms with E-state index >= 15 is 0 Å². The molecule has 2 aromatic carbocycles. The van der Waals surface area contributed by atoms with Crippen molar-refractivity contribution >= 4 is 23.1 Å². The molecular formula is C62H90O8. The molecule has 1 unspecified atom stereocenters. The zero-order chi connectivity index (χ0) is 52.2. The van der Waals surface area contributed by atoms with Gasteiger partial charge in [0.2, 0.25) is 0 Å². The maximum absolute atomic E-state index is 14.7. The number of benzene rings is 2. The van der Waals surface area contributed by atoms with Crippen LogP contribution in [-0.4, -0.2) is 43.6 Å². The number of hydrogen-bond acceptors (Lipinski definition) is 8. The second kappa shape index (κ2) is 25.6. The Morgan fingerprint density at radius 3 is 1.33 bits per heavy atom. The molecule has 0 aliphatic heterocycles. The molecule has 2 aliphatic carbocycles. The molecule has 2 aliphatic rings. The van der Waals surface area contributed by atoms with Gasteiger partial charge in [0.05, 0.1) is 10.8 Å². The lowest BCUT2D eigenvalue weighted by Crippen LogP contribution is -2.41. The Balaban J connectivity index is 1.61. The van der Waals surface area contributed by atoms with E-state index in [4.69, 9.17) is 0 Å². The van der Waals surface area contributed by atoms with E-state index in [1.807, 2.05) is 44.2 Å². The minimum Gasteiger partial charge on any atom is -0.511 e. The topological polar surface area (TPSA) is 149 Å². The van der Waals surface area contributed by atoms with Gasteiger partial charge in [0.15, 0.2) is 23.1 Å². The summed E-state index contributed by atoms with van der Waals surface area (Å²) in [6.45, 7) is 27.0. The summed E-state index contributed by atoms with van der Waals surface area (Å²) in [6, 6.07) is 14.1. The molecular weight excluding hydrogens is 873 g/mol. The van der Waals surface area contributed by atoms with E-state index in [1.54, 1.807) is 0 Å². The van der Waals surface area contributed by atoms with Crippen LogP contribution in [0.2, 0.25) is 0 Å². The zero-order valence-electron chi connectivity index (χ0n) is 45.4. The van der Waals surface area contributed by atoms with Crippen molar-refractivity contribution in [2.75, 3.05) is 0 Å². The number of hydrogen-bond donors (Lipinski definition) is 4. The fraction of sp³-hybridized carbons (Fsp3) is 0.613. The van der Waals surface area contributed by atoms with E-state index in [0.717, 1.165) is 27.8 Å². The first-order valence-corrected chi connectivity index (χ1v) is 26.9. The highest BCUT2D eigenvalue weighted by Crippen LogP contribution is 2.50.